The molecule has 0 aliphatic rings. The van der Waals surface area contributed by atoms with E-state index >= 15 is 0 Å². The van der Waals surface area contributed by atoms with Crippen LogP contribution >= 0.6 is 0 Å². The Bertz CT molecular complexity index is 359. The highest BCUT2D eigenvalue weighted by Crippen LogP contribution is 2.23. The van der Waals surface area contributed by atoms with Crippen LogP contribution in [0.15, 0.2) is 24.3 Å². The van der Waals surface area contributed by atoms with Gasteiger partial charge in [-0.1, -0.05) is 12.1 Å². The molecule has 2 nitrogen and oxygen atoms in total. The lowest BCUT2D eigenvalue weighted by molar-refractivity contribution is -0.119. The average Bonchev–Trinajstić information content (AvgIpc) is 2.34. The molecule has 0 fully saturated rings. The van der Waals surface area contributed by atoms with Crippen molar-refractivity contribution in [1.29, 1.82) is 0 Å². The molecule has 0 heterocycles. The number of nitrogens with zero attached hydrogens (tertiary/aromatic N) is 1. The van der Waals surface area contributed by atoms with Crippen molar-refractivity contribution in [2.75, 3.05) is 25.0 Å². The van der Waals surface area contributed by atoms with E-state index in [2.05, 4.69) is 5.32 Å². The van der Waals surface area contributed by atoms with Crippen LogP contribution in [0.2, 0.25) is 0 Å². The Morgan fingerprint density at radius 2 is 1.78 bits per heavy atom. The number of halogens is 3. The second-order valence-corrected chi connectivity index (χ2v) is 4.23. The summed E-state index contributed by atoms with van der Waals surface area (Å²) in [4.78, 5) is 1.31. The predicted octanol–water partition coefficient (Wildman–Crippen LogP) is 3.36. The van der Waals surface area contributed by atoms with Crippen molar-refractivity contribution in [1.82, 2.24) is 5.32 Å². The van der Waals surface area contributed by atoms with Gasteiger partial charge in [-0.2, -0.15) is 13.2 Å². The van der Waals surface area contributed by atoms with Crippen molar-refractivity contribution in [3.8, 4) is 0 Å². The van der Waals surface area contributed by atoms with Crippen molar-refractivity contribution in [2.24, 2.45) is 0 Å². The maximum atomic E-state index is 12.4. The zero-order valence-corrected chi connectivity index (χ0v) is 10.9. The minimum atomic E-state index is -4.17. The van der Waals surface area contributed by atoms with Gasteiger partial charge in [0.2, 0.25) is 0 Å². The fraction of sp³-hybridized carbons (Fsp3) is 0.538. The Hall–Kier alpha value is -1.23. The number of alkyl halides is 3. The van der Waals surface area contributed by atoms with Gasteiger partial charge in [0.15, 0.2) is 0 Å². The fourth-order valence-corrected chi connectivity index (χ4v) is 1.74. The SMILES string of the molecule is CCN(CC(F)(F)F)c1ccc(C(C)NC)cc1. The van der Waals surface area contributed by atoms with Gasteiger partial charge in [0, 0.05) is 18.3 Å². The van der Waals surface area contributed by atoms with E-state index in [1.54, 1.807) is 19.1 Å². The minimum absolute atomic E-state index is 0.191. The lowest BCUT2D eigenvalue weighted by Gasteiger charge is -2.25. The molecule has 0 radical (unpaired) electrons. The summed E-state index contributed by atoms with van der Waals surface area (Å²) in [5.74, 6) is 0. The molecule has 1 unspecified atom stereocenters. The van der Waals surface area contributed by atoms with Crippen LogP contribution < -0.4 is 10.2 Å². The number of benzene rings is 1. The third-order valence-corrected chi connectivity index (χ3v) is 2.94. The molecule has 1 aromatic rings. The van der Waals surface area contributed by atoms with Gasteiger partial charge in [-0.3, -0.25) is 0 Å². The van der Waals surface area contributed by atoms with E-state index in [4.69, 9.17) is 0 Å². The first-order valence-corrected chi connectivity index (χ1v) is 5.96. The Balaban J connectivity index is 2.82. The lowest BCUT2D eigenvalue weighted by Crippen LogP contribution is -2.34. The molecular formula is C13H19F3N2. The van der Waals surface area contributed by atoms with Crippen LogP contribution in [0.1, 0.15) is 25.5 Å². The maximum absolute atomic E-state index is 12.4. The average molecular weight is 260 g/mol. The molecule has 18 heavy (non-hydrogen) atoms. The Labute approximate surface area is 106 Å². The monoisotopic (exact) mass is 260 g/mol. The second kappa shape index (κ2) is 6.09. The van der Waals surface area contributed by atoms with E-state index in [-0.39, 0.29) is 6.04 Å². The predicted molar refractivity (Wildman–Crippen MR) is 67.9 cm³/mol. The third-order valence-electron chi connectivity index (χ3n) is 2.94. The first kappa shape index (κ1) is 14.8. The highest BCUT2D eigenvalue weighted by molar-refractivity contribution is 5.48. The standard InChI is InChI=1S/C13H19F3N2/c1-4-18(9-13(14,15)16)12-7-5-11(6-8-12)10(2)17-3/h5-8,10,17H,4,9H2,1-3H3. The highest BCUT2D eigenvalue weighted by Gasteiger charge is 2.30. The first-order valence-electron chi connectivity index (χ1n) is 5.96. The molecule has 0 bridgehead atoms. The molecule has 1 atom stereocenters. The Morgan fingerprint density at radius 1 is 1.22 bits per heavy atom. The summed E-state index contributed by atoms with van der Waals surface area (Å²) in [5.41, 5.74) is 1.66. The zero-order valence-electron chi connectivity index (χ0n) is 10.9. The molecule has 0 saturated carbocycles. The molecule has 0 aromatic heterocycles. The third kappa shape index (κ3) is 4.22. The molecule has 0 amide bonds. The molecule has 5 heteroatoms. The van der Waals surface area contributed by atoms with Crippen LogP contribution in [0.3, 0.4) is 0 Å². The summed E-state index contributed by atoms with van der Waals surface area (Å²) in [7, 11) is 1.85. The first-order chi connectivity index (χ1) is 8.37. The molecule has 0 saturated heterocycles. The molecule has 102 valence electrons. The highest BCUT2D eigenvalue weighted by atomic mass is 19.4. The quantitative estimate of drug-likeness (QED) is 0.873. The van der Waals surface area contributed by atoms with Gasteiger partial charge in [0.1, 0.15) is 6.54 Å². The number of rotatable bonds is 5. The van der Waals surface area contributed by atoms with Crippen molar-refractivity contribution in [3.05, 3.63) is 29.8 Å². The molecule has 0 aliphatic carbocycles. The van der Waals surface area contributed by atoms with Gasteiger partial charge in [-0.25, -0.2) is 0 Å². The molecule has 0 aliphatic heterocycles. The van der Waals surface area contributed by atoms with Gasteiger partial charge in [0.05, 0.1) is 0 Å². The topological polar surface area (TPSA) is 15.3 Å². The lowest BCUT2D eigenvalue weighted by atomic mass is 10.1. The van der Waals surface area contributed by atoms with Gasteiger partial charge < -0.3 is 10.2 Å². The maximum Gasteiger partial charge on any atom is 0.405 e. The van der Waals surface area contributed by atoms with Crippen molar-refractivity contribution in [3.63, 3.8) is 0 Å². The van der Waals surface area contributed by atoms with Crippen molar-refractivity contribution < 1.29 is 13.2 Å². The largest absolute Gasteiger partial charge is 0.405 e. The van der Waals surface area contributed by atoms with E-state index in [0.717, 1.165) is 5.56 Å². The van der Waals surface area contributed by atoms with Crippen LogP contribution in [-0.4, -0.2) is 26.3 Å². The molecule has 0 spiro atoms. The molecule has 1 rings (SSSR count). The van der Waals surface area contributed by atoms with Crippen LogP contribution in [0.25, 0.3) is 0 Å². The summed E-state index contributed by atoms with van der Waals surface area (Å²) in [5, 5.41) is 3.09. The summed E-state index contributed by atoms with van der Waals surface area (Å²) < 4.78 is 37.2. The fourth-order valence-electron chi connectivity index (χ4n) is 1.74. The Kier molecular flexibility index (Phi) is 5.02. The van der Waals surface area contributed by atoms with Crippen LogP contribution in [0.4, 0.5) is 18.9 Å². The van der Waals surface area contributed by atoms with Crippen molar-refractivity contribution >= 4 is 5.69 Å². The second-order valence-electron chi connectivity index (χ2n) is 4.23. The number of hydrogen-bond donors (Lipinski definition) is 1. The molecule has 1 aromatic carbocycles. The normalized spacial score (nSPS) is 13.4. The van der Waals surface area contributed by atoms with Crippen LogP contribution in [0, 0.1) is 0 Å². The van der Waals surface area contributed by atoms with E-state index in [1.807, 2.05) is 26.1 Å². The van der Waals surface area contributed by atoms with Gasteiger partial charge in [-0.05, 0) is 38.6 Å². The molecular weight excluding hydrogens is 241 g/mol. The van der Waals surface area contributed by atoms with E-state index in [0.29, 0.717) is 12.2 Å². The molecule has 1 N–H and O–H groups in total. The number of anilines is 1. The number of hydrogen-bond acceptors (Lipinski definition) is 2. The van der Waals surface area contributed by atoms with E-state index in [9.17, 15) is 13.2 Å². The zero-order chi connectivity index (χ0) is 13.8. The van der Waals surface area contributed by atoms with Gasteiger partial charge >= 0.3 is 6.18 Å². The summed E-state index contributed by atoms with van der Waals surface area (Å²) in [6.45, 7) is 3.14. The number of nitrogens with one attached hydrogen (secondary N) is 1. The van der Waals surface area contributed by atoms with E-state index < -0.39 is 12.7 Å². The van der Waals surface area contributed by atoms with Crippen molar-refractivity contribution in [2.45, 2.75) is 26.1 Å². The van der Waals surface area contributed by atoms with E-state index in [1.165, 1.54) is 4.90 Å². The van der Waals surface area contributed by atoms with Gasteiger partial charge in [0.25, 0.3) is 0 Å². The minimum Gasteiger partial charge on any atom is -0.363 e. The summed E-state index contributed by atoms with van der Waals surface area (Å²) in [6, 6.07) is 7.37. The Morgan fingerprint density at radius 3 is 2.17 bits per heavy atom. The van der Waals surface area contributed by atoms with Crippen LogP contribution in [-0.2, 0) is 0 Å². The summed E-state index contributed by atoms with van der Waals surface area (Å²) >= 11 is 0. The van der Waals surface area contributed by atoms with Crippen LogP contribution in [0.5, 0.6) is 0 Å². The smallest absolute Gasteiger partial charge is 0.363 e. The van der Waals surface area contributed by atoms with Gasteiger partial charge in [-0.15, -0.1) is 0 Å². The summed E-state index contributed by atoms with van der Waals surface area (Å²) in [6.07, 6.45) is -4.17.